The van der Waals surface area contributed by atoms with Crippen molar-refractivity contribution >= 4 is 27.3 Å². The quantitative estimate of drug-likeness (QED) is 0.941. The largest absolute Gasteiger partial charge is 0.330 e. The van der Waals surface area contributed by atoms with E-state index in [0.717, 1.165) is 15.9 Å². The van der Waals surface area contributed by atoms with Gasteiger partial charge in [0.15, 0.2) is 0 Å². The topological polar surface area (TPSA) is 43.8 Å². The SMILES string of the molecule is Cn1nc(-c2ccc(Br)s2)cc1CCN. The molecule has 2 aromatic heterocycles. The summed E-state index contributed by atoms with van der Waals surface area (Å²) in [5, 5.41) is 4.46. The molecule has 2 heterocycles. The van der Waals surface area contributed by atoms with Crippen molar-refractivity contribution in [3.05, 3.63) is 27.7 Å². The van der Waals surface area contributed by atoms with Crippen molar-refractivity contribution in [2.45, 2.75) is 6.42 Å². The average molecular weight is 286 g/mol. The third-order valence-corrected chi connectivity index (χ3v) is 3.85. The van der Waals surface area contributed by atoms with Gasteiger partial charge in [-0.1, -0.05) is 0 Å². The fourth-order valence-electron chi connectivity index (χ4n) is 1.46. The van der Waals surface area contributed by atoms with Gasteiger partial charge >= 0.3 is 0 Å². The van der Waals surface area contributed by atoms with E-state index in [0.29, 0.717) is 6.54 Å². The van der Waals surface area contributed by atoms with Crippen LogP contribution in [0.2, 0.25) is 0 Å². The Bertz CT molecular complexity index is 461. The van der Waals surface area contributed by atoms with Gasteiger partial charge in [-0.2, -0.15) is 5.10 Å². The highest BCUT2D eigenvalue weighted by Gasteiger charge is 2.08. The predicted molar refractivity (Wildman–Crippen MR) is 67.0 cm³/mol. The number of aryl methyl sites for hydroxylation is 1. The van der Waals surface area contributed by atoms with Crippen molar-refractivity contribution < 1.29 is 0 Å². The van der Waals surface area contributed by atoms with Crippen LogP contribution >= 0.6 is 27.3 Å². The molecule has 15 heavy (non-hydrogen) atoms. The van der Waals surface area contributed by atoms with E-state index >= 15 is 0 Å². The van der Waals surface area contributed by atoms with E-state index in [1.807, 2.05) is 17.8 Å². The number of rotatable bonds is 3. The van der Waals surface area contributed by atoms with Crippen LogP contribution in [0, 0.1) is 0 Å². The summed E-state index contributed by atoms with van der Waals surface area (Å²) in [6, 6.07) is 6.21. The second kappa shape index (κ2) is 4.47. The lowest BCUT2D eigenvalue weighted by Gasteiger charge is -1.96. The molecule has 2 rings (SSSR count). The number of nitrogens with zero attached hydrogens (tertiary/aromatic N) is 2. The molecule has 5 heteroatoms. The van der Waals surface area contributed by atoms with E-state index in [-0.39, 0.29) is 0 Å². The third-order valence-electron chi connectivity index (χ3n) is 2.20. The number of nitrogens with two attached hydrogens (primary N) is 1. The molecule has 0 unspecified atom stereocenters. The maximum Gasteiger partial charge on any atom is 0.103 e. The molecule has 0 aliphatic rings. The molecule has 0 spiro atoms. The van der Waals surface area contributed by atoms with Gasteiger partial charge < -0.3 is 5.73 Å². The van der Waals surface area contributed by atoms with Crippen LogP contribution in [0.5, 0.6) is 0 Å². The molecule has 0 atom stereocenters. The Balaban J connectivity index is 2.33. The second-order valence-corrected chi connectivity index (χ2v) is 5.75. The Morgan fingerprint density at radius 1 is 1.53 bits per heavy atom. The Morgan fingerprint density at radius 3 is 2.93 bits per heavy atom. The zero-order chi connectivity index (χ0) is 10.8. The molecule has 0 aliphatic carbocycles. The van der Waals surface area contributed by atoms with E-state index in [2.05, 4.69) is 33.2 Å². The molecule has 80 valence electrons. The minimum atomic E-state index is 0.660. The Morgan fingerprint density at radius 2 is 2.33 bits per heavy atom. The molecule has 0 amide bonds. The van der Waals surface area contributed by atoms with Gasteiger partial charge in [0.1, 0.15) is 5.69 Å². The normalized spacial score (nSPS) is 10.9. The van der Waals surface area contributed by atoms with Crippen molar-refractivity contribution in [2.75, 3.05) is 6.54 Å². The van der Waals surface area contributed by atoms with Crippen LogP contribution in [0.3, 0.4) is 0 Å². The van der Waals surface area contributed by atoms with Crippen molar-refractivity contribution in [1.29, 1.82) is 0 Å². The van der Waals surface area contributed by atoms with Gasteiger partial charge in [-0.3, -0.25) is 4.68 Å². The van der Waals surface area contributed by atoms with Gasteiger partial charge in [0.05, 0.1) is 8.66 Å². The Kier molecular flexibility index (Phi) is 3.23. The predicted octanol–water partition coefficient (Wildman–Crippen LogP) is 2.41. The molecule has 0 bridgehead atoms. The first kappa shape index (κ1) is 10.9. The van der Waals surface area contributed by atoms with E-state index in [1.54, 1.807) is 11.3 Å². The van der Waals surface area contributed by atoms with Crippen molar-refractivity contribution in [3.63, 3.8) is 0 Å². The van der Waals surface area contributed by atoms with E-state index < -0.39 is 0 Å². The lowest BCUT2D eigenvalue weighted by atomic mass is 10.2. The fourth-order valence-corrected chi connectivity index (χ4v) is 2.80. The Labute approximate surface area is 101 Å². The number of halogens is 1. The summed E-state index contributed by atoms with van der Waals surface area (Å²) in [6.45, 7) is 0.660. The van der Waals surface area contributed by atoms with Crippen LogP contribution in [0.1, 0.15) is 5.69 Å². The lowest BCUT2D eigenvalue weighted by molar-refractivity contribution is 0.708. The maximum absolute atomic E-state index is 5.54. The molecule has 0 saturated carbocycles. The molecule has 0 aromatic carbocycles. The molecule has 2 N–H and O–H groups in total. The van der Waals surface area contributed by atoms with Crippen LogP contribution in [-0.4, -0.2) is 16.3 Å². The van der Waals surface area contributed by atoms with Gasteiger partial charge in [-0.05, 0) is 40.7 Å². The molecule has 3 nitrogen and oxygen atoms in total. The Hall–Kier alpha value is -0.650. The minimum Gasteiger partial charge on any atom is -0.330 e. The summed E-state index contributed by atoms with van der Waals surface area (Å²) < 4.78 is 3.03. The highest BCUT2D eigenvalue weighted by Crippen LogP contribution is 2.30. The number of hydrogen-bond donors (Lipinski definition) is 1. The molecule has 0 saturated heterocycles. The highest BCUT2D eigenvalue weighted by molar-refractivity contribution is 9.11. The highest BCUT2D eigenvalue weighted by atomic mass is 79.9. The zero-order valence-corrected chi connectivity index (χ0v) is 10.8. The minimum absolute atomic E-state index is 0.660. The van der Waals surface area contributed by atoms with Crippen molar-refractivity contribution in [1.82, 2.24) is 9.78 Å². The third kappa shape index (κ3) is 2.30. The average Bonchev–Trinajstić information content (AvgIpc) is 2.75. The van der Waals surface area contributed by atoms with Crippen LogP contribution < -0.4 is 5.73 Å². The maximum atomic E-state index is 5.54. The van der Waals surface area contributed by atoms with Crippen molar-refractivity contribution in [3.8, 4) is 10.6 Å². The van der Waals surface area contributed by atoms with E-state index in [1.165, 1.54) is 10.6 Å². The first-order valence-corrected chi connectivity index (χ1v) is 6.30. The van der Waals surface area contributed by atoms with Crippen LogP contribution in [0.4, 0.5) is 0 Å². The van der Waals surface area contributed by atoms with Crippen LogP contribution in [0.15, 0.2) is 22.0 Å². The number of aromatic nitrogens is 2. The summed E-state index contributed by atoms with van der Waals surface area (Å²) in [5.74, 6) is 0. The standard InChI is InChI=1S/C10H12BrN3S/c1-14-7(4-5-12)6-8(13-14)9-2-3-10(11)15-9/h2-3,6H,4-5,12H2,1H3. The first-order valence-electron chi connectivity index (χ1n) is 4.69. The first-order chi connectivity index (χ1) is 7.20. The lowest BCUT2D eigenvalue weighted by Crippen LogP contribution is -2.06. The van der Waals surface area contributed by atoms with Gasteiger partial charge in [-0.15, -0.1) is 11.3 Å². The van der Waals surface area contributed by atoms with E-state index in [4.69, 9.17) is 5.73 Å². The molecule has 2 aromatic rings. The van der Waals surface area contributed by atoms with Gasteiger partial charge in [0.25, 0.3) is 0 Å². The summed E-state index contributed by atoms with van der Waals surface area (Å²) >= 11 is 5.14. The molecule has 0 fully saturated rings. The van der Waals surface area contributed by atoms with E-state index in [9.17, 15) is 0 Å². The molecular weight excluding hydrogens is 274 g/mol. The zero-order valence-electron chi connectivity index (χ0n) is 8.40. The second-order valence-electron chi connectivity index (χ2n) is 3.29. The monoisotopic (exact) mass is 285 g/mol. The smallest absolute Gasteiger partial charge is 0.103 e. The van der Waals surface area contributed by atoms with Crippen LogP contribution in [0.25, 0.3) is 10.6 Å². The molecular formula is C10H12BrN3S. The number of hydrogen-bond acceptors (Lipinski definition) is 3. The number of thiophene rings is 1. The fraction of sp³-hybridized carbons (Fsp3) is 0.300. The molecule has 0 aliphatic heterocycles. The summed E-state index contributed by atoms with van der Waals surface area (Å²) in [4.78, 5) is 1.18. The van der Waals surface area contributed by atoms with Gasteiger partial charge in [0.2, 0.25) is 0 Å². The van der Waals surface area contributed by atoms with Crippen LogP contribution in [-0.2, 0) is 13.5 Å². The van der Waals surface area contributed by atoms with Gasteiger partial charge in [0, 0.05) is 19.2 Å². The van der Waals surface area contributed by atoms with Gasteiger partial charge in [-0.25, -0.2) is 0 Å². The summed E-state index contributed by atoms with van der Waals surface area (Å²) in [7, 11) is 1.96. The summed E-state index contributed by atoms with van der Waals surface area (Å²) in [5.41, 5.74) is 7.74. The molecule has 0 radical (unpaired) electrons. The summed E-state index contributed by atoms with van der Waals surface area (Å²) in [6.07, 6.45) is 0.871. The van der Waals surface area contributed by atoms with Crippen molar-refractivity contribution in [2.24, 2.45) is 12.8 Å².